The number of ketones is 1. The highest BCUT2D eigenvalue weighted by atomic mass is 32.1. The topological polar surface area (TPSA) is 115 Å². The summed E-state index contributed by atoms with van der Waals surface area (Å²) >= 11 is 1.19. The minimum absolute atomic E-state index is 0.120. The maximum absolute atomic E-state index is 13.3. The van der Waals surface area contributed by atoms with Crippen molar-refractivity contribution < 1.29 is 9.53 Å². The molecule has 4 aromatic rings. The van der Waals surface area contributed by atoms with Crippen LogP contribution in [0.2, 0.25) is 0 Å². The van der Waals surface area contributed by atoms with E-state index >= 15 is 0 Å². The first kappa shape index (κ1) is 22.3. The van der Waals surface area contributed by atoms with Gasteiger partial charge in [-0.3, -0.25) is 4.79 Å². The predicted molar refractivity (Wildman–Crippen MR) is 134 cm³/mol. The fourth-order valence-corrected chi connectivity index (χ4v) is 4.85. The largest absolute Gasteiger partial charge is 0.494 e. The predicted octanol–water partition coefficient (Wildman–Crippen LogP) is 5.75. The molecular weight excluding hydrogens is 432 g/mol. The van der Waals surface area contributed by atoms with Crippen LogP contribution in [0.25, 0.3) is 21.3 Å². The van der Waals surface area contributed by atoms with Gasteiger partial charge in [0.1, 0.15) is 32.9 Å². The van der Waals surface area contributed by atoms with Crippen molar-refractivity contribution in [2.24, 2.45) is 0 Å². The Morgan fingerprint density at radius 2 is 1.79 bits per heavy atom. The molecule has 0 aliphatic rings. The number of aromatic nitrogens is 1. The van der Waals surface area contributed by atoms with E-state index in [2.05, 4.69) is 24.9 Å². The third-order valence-electron chi connectivity index (χ3n) is 5.52. The third-order valence-corrected chi connectivity index (χ3v) is 6.61. The van der Waals surface area contributed by atoms with E-state index in [9.17, 15) is 10.1 Å². The van der Waals surface area contributed by atoms with E-state index in [-0.39, 0.29) is 17.2 Å². The molecule has 0 aliphatic carbocycles. The summed E-state index contributed by atoms with van der Waals surface area (Å²) < 4.78 is 5.46. The number of ether oxygens (including phenoxy) is 1. The maximum atomic E-state index is 13.3. The van der Waals surface area contributed by atoms with Gasteiger partial charge in [0.25, 0.3) is 0 Å². The summed E-state index contributed by atoms with van der Waals surface area (Å²) in [6, 6.07) is 17.1. The number of benzene rings is 2. The van der Waals surface area contributed by atoms with Crippen molar-refractivity contribution in [3.63, 3.8) is 0 Å². The smallest absolute Gasteiger partial charge is 0.205 e. The normalized spacial score (nSPS) is 11.0. The highest BCUT2D eigenvalue weighted by Gasteiger charge is 2.25. The van der Waals surface area contributed by atoms with Crippen LogP contribution < -0.4 is 16.2 Å². The van der Waals surface area contributed by atoms with Gasteiger partial charge in [-0.05, 0) is 48.2 Å². The molecule has 0 radical (unpaired) electrons. The molecule has 2 heterocycles. The van der Waals surface area contributed by atoms with Crippen molar-refractivity contribution in [2.45, 2.75) is 26.7 Å². The highest BCUT2D eigenvalue weighted by molar-refractivity contribution is 7.21. The maximum Gasteiger partial charge on any atom is 0.205 e. The summed E-state index contributed by atoms with van der Waals surface area (Å²) in [6.45, 7) is 6.69. The summed E-state index contributed by atoms with van der Waals surface area (Å²) in [6.07, 6.45) is 0. The van der Waals surface area contributed by atoms with Gasteiger partial charge in [-0.15, -0.1) is 11.3 Å². The molecule has 2 aromatic carbocycles. The summed E-state index contributed by atoms with van der Waals surface area (Å²) in [5.41, 5.74) is 16.3. The van der Waals surface area contributed by atoms with Gasteiger partial charge in [0.2, 0.25) is 5.78 Å². The van der Waals surface area contributed by atoms with Crippen LogP contribution in [0.4, 0.5) is 11.5 Å². The molecule has 0 spiro atoms. The molecule has 0 atom stereocenters. The number of nitriles is 1. The highest BCUT2D eigenvalue weighted by Crippen LogP contribution is 2.43. The van der Waals surface area contributed by atoms with Gasteiger partial charge < -0.3 is 16.2 Å². The van der Waals surface area contributed by atoms with E-state index in [1.807, 2.05) is 31.2 Å². The van der Waals surface area contributed by atoms with Crippen molar-refractivity contribution >= 4 is 38.8 Å². The first-order valence-corrected chi connectivity index (χ1v) is 11.5. The zero-order valence-corrected chi connectivity index (χ0v) is 19.5. The van der Waals surface area contributed by atoms with Crippen LogP contribution in [0.3, 0.4) is 0 Å². The Morgan fingerprint density at radius 3 is 2.36 bits per heavy atom. The van der Waals surface area contributed by atoms with E-state index in [0.717, 1.165) is 5.56 Å². The Morgan fingerprint density at radius 1 is 1.12 bits per heavy atom. The zero-order chi connectivity index (χ0) is 23.7. The van der Waals surface area contributed by atoms with Crippen molar-refractivity contribution in [3.05, 3.63) is 70.1 Å². The summed E-state index contributed by atoms with van der Waals surface area (Å²) in [4.78, 5) is 18.6. The average molecular weight is 457 g/mol. The lowest BCUT2D eigenvalue weighted by atomic mass is 9.94. The Hall–Kier alpha value is -3.89. The van der Waals surface area contributed by atoms with Gasteiger partial charge in [0.15, 0.2) is 0 Å². The minimum atomic E-state index is -0.211. The van der Waals surface area contributed by atoms with E-state index in [0.29, 0.717) is 50.2 Å². The molecule has 2 aromatic heterocycles. The van der Waals surface area contributed by atoms with E-state index < -0.39 is 0 Å². The quantitative estimate of drug-likeness (QED) is 0.357. The molecule has 0 unspecified atom stereocenters. The van der Waals surface area contributed by atoms with E-state index in [1.54, 1.807) is 24.3 Å². The number of carbonyl (C=O) groups excluding carboxylic acids is 1. The van der Waals surface area contributed by atoms with Crippen molar-refractivity contribution in [2.75, 3.05) is 18.1 Å². The Bertz CT molecular complexity index is 1380. The number of nitrogens with zero attached hydrogens (tertiary/aromatic N) is 2. The Balaban J connectivity index is 1.88. The molecule has 7 heteroatoms. The molecule has 0 saturated carbocycles. The standard InChI is InChI=1S/C26H24N4O2S/c1-4-32-18-11-9-17(10-12-18)23(31)24-22(28)21-20(16-7-5-15(6-8-16)14(2)3)19(13-27)25(29)30-26(21)33-24/h5-12,14H,4,28H2,1-3H3,(H2,29,30). The summed E-state index contributed by atoms with van der Waals surface area (Å²) in [5, 5.41) is 10.4. The Labute approximate surface area is 196 Å². The van der Waals surface area contributed by atoms with Crippen LogP contribution >= 0.6 is 11.3 Å². The second-order valence-electron chi connectivity index (χ2n) is 7.95. The first-order valence-electron chi connectivity index (χ1n) is 10.6. The van der Waals surface area contributed by atoms with Gasteiger partial charge >= 0.3 is 0 Å². The fourth-order valence-electron chi connectivity index (χ4n) is 3.78. The molecule has 33 heavy (non-hydrogen) atoms. The molecule has 0 fully saturated rings. The third kappa shape index (κ3) is 4.01. The molecule has 0 saturated heterocycles. The molecule has 4 N–H and O–H groups in total. The Kier molecular flexibility index (Phi) is 6.03. The lowest BCUT2D eigenvalue weighted by Gasteiger charge is -2.11. The van der Waals surface area contributed by atoms with Gasteiger partial charge in [0.05, 0.1) is 12.3 Å². The second-order valence-corrected chi connectivity index (χ2v) is 8.95. The number of thiophene rings is 1. The number of hydrogen-bond acceptors (Lipinski definition) is 7. The number of nitrogen functional groups attached to an aromatic ring is 2. The van der Waals surface area contributed by atoms with Crippen molar-refractivity contribution in [1.29, 1.82) is 5.26 Å². The number of fused-ring (bicyclic) bond motifs is 1. The SMILES string of the molecule is CCOc1ccc(C(=O)c2sc3nc(N)c(C#N)c(-c4ccc(C(C)C)cc4)c3c2N)cc1. The van der Waals surface area contributed by atoms with Crippen molar-refractivity contribution in [3.8, 4) is 22.9 Å². The molecule has 0 aliphatic heterocycles. The molecule has 6 nitrogen and oxygen atoms in total. The average Bonchev–Trinajstić information content (AvgIpc) is 3.14. The number of rotatable bonds is 6. The fraction of sp³-hybridized carbons (Fsp3) is 0.192. The van der Waals surface area contributed by atoms with Crippen LogP contribution in [-0.2, 0) is 0 Å². The van der Waals surface area contributed by atoms with Gasteiger partial charge in [-0.25, -0.2) is 4.98 Å². The van der Waals surface area contributed by atoms with E-state index in [4.69, 9.17) is 16.2 Å². The van der Waals surface area contributed by atoms with Gasteiger partial charge in [-0.1, -0.05) is 38.1 Å². The molecule has 166 valence electrons. The molecule has 4 rings (SSSR count). The number of pyridine rings is 1. The van der Waals surface area contributed by atoms with Crippen LogP contribution in [0.1, 0.15) is 53.1 Å². The van der Waals surface area contributed by atoms with Gasteiger partial charge in [0, 0.05) is 16.5 Å². The lowest BCUT2D eigenvalue weighted by Crippen LogP contribution is -2.03. The number of hydrogen-bond donors (Lipinski definition) is 2. The van der Waals surface area contributed by atoms with Crippen LogP contribution in [0.5, 0.6) is 5.75 Å². The number of anilines is 2. The van der Waals surface area contributed by atoms with Crippen LogP contribution in [0.15, 0.2) is 48.5 Å². The van der Waals surface area contributed by atoms with Crippen molar-refractivity contribution in [1.82, 2.24) is 4.98 Å². The molecule has 0 amide bonds. The van der Waals surface area contributed by atoms with Crippen LogP contribution in [0, 0.1) is 11.3 Å². The zero-order valence-electron chi connectivity index (χ0n) is 18.7. The number of nitrogens with two attached hydrogens (primary N) is 2. The second kappa shape index (κ2) is 8.93. The minimum Gasteiger partial charge on any atom is -0.494 e. The van der Waals surface area contributed by atoms with E-state index in [1.165, 1.54) is 16.9 Å². The van der Waals surface area contributed by atoms with Crippen LogP contribution in [-0.4, -0.2) is 17.4 Å². The molecular formula is C26H24N4O2S. The van der Waals surface area contributed by atoms with Gasteiger partial charge in [-0.2, -0.15) is 5.26 Å². The monoisotopic (exact) mass is 456 g/mol. The summed E-state index contributed by atoms with van der Waals surface area (Å²) in [7, 11) is 0. The molecule has 0 bridgehead atoms. The lowest BCUT2D eigenvalue weighted by molar-refractivity contribution is 0.104. The first-order chi connectivity index (χ1) is 15.8. The number of carbonyl (C=O) groups is 1. The summed E-state index contributed by atoms with van der Waals surface area (Å²) in [5.74, 6) is 0.978.